The van der Waals surface area contributed by atoms with Crippen LogP contribution in [0.15, 0.2) is 54.2 Å². The largest absolute Gasteiger partial charge is 0.495 e. The van der Waals surface area contributed by atoms with Crippen LogP contribution in [0.25, 0.3) is 0 Å². The van der Waals surface area contributed by atoms with Gasteiger partial charge in [-0.25, -0.2) is 0 Å². The number of halogens is 2. The lowest BCUT2D eigenvalue weighted by Gasteiger charge is -2.10. The van der Waals surface area contributed by atoms with E-state index < -0.39 is 5.91 Å². The molecule has 2 N–H and O–H groups in total. The maximum atomic E-state index is 12.3. The Labute approximate surface area is 162 Å². The molecule has 2 aromatic carbocycles. The third-order valence-electron chi connectivity index (χ3n) is 3.49. The zero-order valence-corrected chi connectivity index (χ0v) is 15.6. The summed E-state index contributed by atoms with van der Waals surface area (Å²) in [5, 5.41) is 15.9. The molecule has 134 valence electrons. The number of nitriles is 1. The van der Waals surface area contributed by atoms with Crippen molar-refractivity contribution in [2.75, 3.05) is 19.0 Å². The quantitative estimate of drug-likeness (QED) is 0.423. The van der Waals surface area contributed by atoms with Gasteiger partial charge in [-0.2, -0.15) is 5.26 Å². The van der Waals surface area contributed by atoms with E-state index in [4.69, 9.17) is 27.9 Å². The summed E-state index contributed by atoms with van der Waals surface area (Å²) in [6.07, 6.45) is 2.12. The molecule has 0 radical (unpaired) electrons. The number of carbonyl (C=O) groups is 1. The van der Waals surface area contributed by atoms with Gasteiger partial charge in [-0.3, -0.25) is 4.79 Å². The van der Waals surface area contributed by atoms with E-state index in [2.05, 4.69) is 10.6 Å². The monoisotopic (exact) mass is 389 g/mol. The Hall–Kier alpha value is -2.68. The topological polar surface area (TPSA) is 74.1 Å². The van der Waals surface area contributed by atoms with Gasteiger partial charge in [-0.15, -0.1) is 0 Å². The van der Waals surface area contributed by atoms with Crippen molar-refractivity contribution in [1.29, 1.82) is 5.26 Å². The molecule has 2 rings (SSSR count). The molecule has 26 heavy (non-hydrogen) atoms. The summed E-state index contributed by atoms with van der Waals surface area (Å²) < 4.78 is 5.17. The van der Waals surface area contributed by atoms with Crippen molar-refractivity contribution in [1.82, 2.24) is 5.32 Å². The highest BCUT2D eigenvalue weighted by molar-refractivity contribution is 6.31. The number of anilines is 1. The van der Waals surface area contributed by atoms with Gasteiger partial charge in [0, 0.05) is 22.8 Å². The minimum atomic E-state index is -0.549. The Balaban J connectivity index is 1.95. The first-order valence-electron chi connectivity index (χ1n) is 7.76. The van der Waals surface area contributed by atoms with E-state index in [-0.39, 0.29) is 5.57 Å². The van der Waals surface area contributed by atoms with Crippen LogP contribution in [-0.2, 0) is 11.2 Å². The number of ether oxygens (including phenoxy) is 1. The van der Waals surface area contributed by atoms with Crippen molar-refractivity contribution in [3.63, 3.8) is 0 Å². The third kappa shape index (κ3) is 5.69. The maximum absolute atomic E-state index is 12.3. The average Bonchev–Trinajstić information content (AvgIpc) is 2.63. The molecule has 0 saturated heterocycles. The predicted molar refractivity (Wildman–Crippen MR) is 103 cm³/mol. The molecule has 0 bridgehead atoms. The third-order valence-corrected chi connectivity index (χ3v) is 3.98. The number of carbonyl (C=O) groups excluding carboxylic acids is 1. The first-order valence-corrected chi connectivity index (χ1v) is 8.52. The van der Waals surface area contributed by atoms with Crippen LogP contribution in [0.5, 0.6) is 5.75 Å². The molecule has 0 unspecified atom stereocenters. The van der Waals surface area contributed by atoms with E-state index in [0.717, 1.165) is 12.0 Å². The fourth-order valence-electron chi connectivity index (χ4n) is 2.16. The second kappa shape index (κ2) is 9.71. The number of methoxy groups -OCH3 is 1. The number of hydrogen-bond acceptors (Lipinski definition) is 4. The smallest absolute Gasteiger partial charge is 0.267 e. The Morgan fingerprint density at radius 1 is 1.19 bits per heavy atom. The fraction of sp³-hybridized carbons (Fsp3) is 0.158. The first-order chi connectivity index (χ1) is 12.5. The van der Waals surface area contributed by atoms with Gasteiger partial charge in [0.05, 0.1) is 12.8 Å². The van der Waals surface area contributed by atoms with Crippen molar-refractivity contribution in [2.24, 2.45) is 0 Å². The van der Waals surface area contributed by atoms with Gasteiger partial charge >= 0.3 is 0 Å². The maximum Gasteiger partial charge on any atom is 0.267 e. The van der Waals surface area contributed by atoms with Gasteiger partial charge < -0.3 is 15.4 Å². The molecular weight excluding hydrogens is 373 g/mol. The highest BCUT2D eigenvalue weighted by Gasteiger charge is 2.12. The number of nitrogens with zero attached hydrogens (tertiary/aromatic N) is 1. The highest BCUT2D eigenvalue weighted by Crippen LogP contribution is 2.27. The van der Waals surface area contributed by atoms with Crippen LogP contribution in [-0.4, -0.2) is 19.6 Å². The Morgan fingerprint density at radius 2 is 1.88 bits per heavy atom. The van der Waals surface area contributed by atoms with Gasteiger partial charge in [0.2, 0.25) is 0 Å². The molecule has 1 amide bonds. The molecule has 0 aliphatic heterocycles. The van der Waals surface area contributed by atoms with Crippen LogP contribution in [0.3, 0.4) is 0 Å². The lowest BCUT2D eigenvalue weighted by Crippen LogP contribution is -2.18. The summed E-state index contributed by atoms with van der Waals surface area (Å²) >= 11 is 11.8. The second-order valence-corrected chi connectivity index (χ2v) is 6.17. The molecule has 0 spiro atoms. The molecular formula is C19H17Cl2N3O2. The second-order valence-electron chi connectivity index (χ2n) is 5.30. The number of hydrogen-bond donors (Lipinski definition) is 2. The predicted octanol–water partition coefficient (Wildman–Crippen LogP) is 4.18. The molecule has 0 saturated carbocycles. The SMILES string of the molecule is COc1ccc(Cl)cc1NC(=O)/C(C#N)=C\NCCc1ccc(Cl)cc1. The van der Waals surface area contributed by atoms with Gasteiger partial charge in [0.1, 0.15) is 17.4 Å². The molecule has 0 fully saturated rings. The summed E-state index contributed by atoms with van der Waals surface area (Å²) in [6, 6.07) is 14.2. The molecule has 7 heteroatoms. The first kappa shape index (κ1) is 19.6. The van der Waals surface area contributed by atoms with Crippen LogP contribution in [0.2, 0.25) is 10.0 Å². The highest BCUT2D eigenvalue weighted by atomic mass is 35.5. The van der Waals surface area contributed by atoms with Crippen LogP contribution in [0, 0.1) is 11.3 Å². The number of nitrogens with one attached hydrogen (secondary N) is 2. The van der Waals surface area contributed by atoms with E-state index in [1.54, 1.807) is 18.2 Å². The van der Waals surface area contributed by atoms with Crippen LogP contribution < -0.4 is 15.4 Å². The standard InChI is InChI=1S/C19H17Cl2N3O2/c1-26-18-7-6-16(21)10-17(18)24-19(25)14(11-22)12-23-9-8-13-2-4-15(20)5-3-13/h2-7,10,12,23H,8-9H2,1H3,(H,24,25)/b14-12-. The summed E-state index contributed by atoms with van der Waals surface area (Å²) in [5.74, 6) is -0.0946. The van der Waals surface area contributed by atoms with Crippen LogP contribution >= 0.6 is 23.2 Å². The van der Waals surface area contributed by atoms with Crippen molar-refractivity contribution in [3.05, 3.63) is 69.8 Å². The van der Waals surface area contributed by atoms with Crippen molar-refractivity contribution < 1.29 is 9.53 Å². The lowest BCUT2D eigenvalue weighted by atomic mass is 10.1. The van der Waals surface area contributed by atoms with Gasteiger partial charge in [-0.05, 0) is 42.3 Å². The number of benzene rings is 2. The van der Waals surface area contributed by atoms with E-state index in [0.29, 0.717) is 28.0 Å². The number of amides is 1. The lowest BCUT2D eigenvalue weighted by molar-refractivity contribution is -0.112. The molecule has 0 heterocycles. The molecule has 0 aliphatic rings. The molecule has 5 nitrogen and oxygen atoms in total. The molecule has 0 atom stereocenters. The summed E-state index contributed by atoms with van der Waals surface area (Å²) in [7, 11) is 1.48. The van der Waals surface area contributed by atoms with E-state index in [1.165, 1.54) is 13.3 Å². The van der Waals surface area contributed by atoms with Gasteiger partial charge in [0.15, 0.2) is 0 Å². The Bertz CT molecular complexity index is 843. The summed E-state index contributed by atoms with van der Waals surface area (Å²) in [6.45, 7) is 0.570. The van der Waals surface area contributed by atoms with E-state index >= 15 is 0 Å². The summed E-state index contributed by atoms with van der Waals surface area (Å²) in [5.41, 5.74) is 1.44. The molecule has 2 aromatic rings. The van der Waals surface area contributed by atoms with Gasteiger partial charge in [-0.1, -0.05) is 35.3 Å². The molecule has 0 aliphatic carbocycles. The average molecular weight is 390 g/mol. The van der Waals surface area contributed by atoms with Gasteiger partial charge in [0.25, 0.3) is 5.91 Å². The number of rotatable bonds is 7. The van der Waals surface area contributed by atoms with E-state index in [1.807, 2.05) is 30.3 Å². The minimum absolute atomic E-state index is 0.0527. The zero-order chi connectivity index (χ0) is 18.9. The fourth-order valence-corrected chi connectivity index (χ4v) is 2.46. The Kier molecular flexibility index (Phi) is 7.34. The summed E-state index contributed by atoms with van der Waals surface area (Å²) in [4.78, 5) is 12.3. The van der Waals surface area contributed by atoms with Crippen molar-refractivity contribution >= 4 is 34.8 Å². The Morgan fingerprint density at radius 3 is 2.54 bits per heavy atom. The normalized spacial score (nSPS) is 10.8. The zero-order valence-electron chi connectivity index (χ0n) is 14.1. The minimum Gasteiger partial charge on any atom is -0.495 e. The van der Waals surface area contributed by atoms with Crippen LogP contribution in [0.1, 0.15) is 5.56 Å². The van der Waals surface area contributed by atoms with E-state index in [9.17, 15) is 10.1 Å². The van der Waals surface area contributed by atoms with Crippen molar-refractivity contribution in [2.45, 2.75) is 6.42 Å². The molecule has 0 aromatic heterocycles. The van der Waals surface area contributed by atoms with Crippen molar-refractivity contribution in [3.8, 4) is 11.8 Å². The van der Waals surface area contributed by atoms with Crippen LogP contribution in [0.4, 0.5) is 5.69 Å².